The van der Waals surface area contributed by atoms with Gasteiger partial charge in [-0.2, -0.15) is 0 Å². The Morgan fingerprint density at radius 3 is 2.66 bits per heavy atom. The normalized spacial score (nSPS) is 12.7. The molecule has 162 valence electrons. The van der Waals surface area contributed by atoms with Gasteiger partial charge < -0.3 is 19.2 Å². The number of aryl methyl sites for hydroxylation is 2. The lowest BCUT2D eigenvalue weighted by Gasteiger charge is -2.18. The third-order valence-electron chi connectivity index (χ3n) is 5.56. The Kier molecular flexibility index (Phi) is 5.50. The molecule has 1 N–H and O–H groups in total. The van der Waals surface area contributed by atoms with Crippen molar-refractivity contribution in [1.29, 1.82) is 0 Å². The molecule has 1 aliphatic rings. The van der Waals surface area contributed by atoms with E-state index < -0.39 is 0 Å². The van der Waals surface area contributed by atoms with Crippen LogP contribution in [0, 0.1) is 6.92 Å². The fraction of sp³-hybridized carbons (Fsp3) is 0.231. The Morgan fingerprint density at radius 1 is 1.00 bits per heavy atom. The summed E-state index contributed by atoms with van der Waals surface area (Å²) in [6.07, 6.45) is 6.04. The van der Waals surface area contributed by atoms with Crippen LogP contribution < -0.4 is 14.8 Å². The fourth-order valence-corrected chi connectivity index (χ4v) is 3.84. The number of imidazole rings is 1. The molecule has 0 bridgehead atoms. The number of fused-ring (bicyclic) bond motifs is 2. The lowest BCUT2D eigenvalue weighted by molar-refractivity contribution is -0.116. The average Bonchev–Trinajstić information content (AvgIpc) is 3.23. The molecule has 6 nitrogen and oxygen atoms in total. The van der Waals surface area contributed by atoms with E-state index in [1.807, 2.05) is 47.1 Å². The van der Waals surface area contributed by atoms with Gasteiger partial charge in [0.15, 0.2) is 11.5 Å². The molecule has 0 aliphatic carbocycles. The number of ether oxygens (including phenoxy) is 2. The monoisotopic (exact) mass is 427 g/mol. The van der Waals surface area contributed by atoms with Gasteiger partial charge in [0.05, 0.1) is 11.4 Å². The van der Waals surface area contributed by atoms with Crippen LogP contribution in [0.25, 0.3) is 16.9 Å². The van der Waals surface area contributed by atoms with Crippen molar-refractivity contribution < 1.29 is 14.3 Å². The molecule has 0 unspecified atom stereocenters. The number of hydrogen-bond donors (Lipinski definition) is 1. The highest BCUT2D eigenvalue weighted by atomic mass is 16.6. The second kappa shape index (κ2) is 8.75. The molecule has 3 heterocycles. The highest BCUT2D eigenvalue weighted by Gasteiger charge is 2.14. The summed E-state index contributed by atoms with van der Waals surface area (Å²) >= 11 is 0. The van der Waals surface area contributed by atoms with Crippen molar-refractivity contribution >= 4 is 17.2 Å². The summed E-state index contributed by atoms with van der Waals surface area (Å²) < 4.78 is 13.2. The molecule has 6 heteroatoms. The summed E-state index contributed by atoms with van der Waals surface area (Å²) in [6, 6.07) is 18.1. The molecule has 0 fully saturated rings. The van der Waals surface area contributed by atoms with Gasteiger partial charge in [0.1, 0.15) is 18.9 Å². The molecule has 0 saturated heterocycles. The number of rotatable bonds is 6. The van der Waals surface area contributed by atoms with Crippen LogP contribution in [0.2, 0.25) is 0 Å². The largest absolute Gasteiger partial charge is 0.486 e. The van der Waals surface area contributed by atoms with Gasteiger partial charge in [0, 0.05) is 24.4 Å². The Hall–Kier alpha value is -3.80. The predicted octanol–water partition coefficient (Wildman–Crippen LogP) is 5.04. The Labute approximate surface area is 186 Å². The third-order valence-corrected chi connectivity index (χ3v) is 5.56. The van der Waals surface area contributed by atoms with Gasteiger partial charge in [-0.25, -0.2) is 4.98 Å². The van der Waals surface area contributed by atoms with E-state index in [0.717, 1.165) is 46.9 Å². The van der Waals surface area contributed by atoms with Gasteiger partial charge >= 0.3 is 0 Å². The number of pyridine rings is 1. The van der Waals surface area contributed by atoms with E-state index in [4.69, 9.17) is 14.5 Å². The van der Waals surface area contributed by atoms with E-state index in [0.29, 0.717) is 19.6 Å². The first-order chi connectivity index (χ1) is 15.6. The number of anilines is 1. The minimum atomic E-state index is 0.0173. The smallest absolute Gasteiger partial charge is 0.224 e. The number of carbonyl (C=O) groups excluding carboxylic acids is 1. The topological polar surface area (TPSA) is 64.9 Å². The maximum atomic E-state index is 12.4. The summed E-state index contributed by atoms with van der Waals surface area (Å²) in [5.41, 5.74) is 5.87. The second-order valence-electron chi connectivity index (χ2n) is 8.06. The first-order valence-electron chi connectivity index (χ1n) is 10.9. The van der Waals surface area contributed by atoms with Gasteiger partial charge in [0.25, 0.3) is 0 Å². The van der Waals surface area contributed by atoms with Crippen molar-refractivity contribution in [2.75, 3.05) is 18.5 Å². The van der Waals surface area contributed by atoms with E-state index >= 15 is 0 Å². The lowest BCUT2D eigenvalue weighted by atomic mass is 10.1. The van der Waals surface area contributed by atoms with E-state index in [1.54, 1.807) is 0 Å². The van der Waals surface area contributed by atoms with E-state index in [-0.39, 0.29) is 5.91 Å². The first kappa shape index (κ1) is 20.1. The molecule has 5 rings (SSSR count). The van der Waals surface area contributed by atoms with E-state index in [1.165, 1.54) is 11.1 Å². The van der Waals surface area contributed by atoms with Crippen LogP contribution in [0.5, 0.6) is 11.5 Å². The van der Waals surface area contributed by atoms with Crippen LogP contribution in [0.1, 0.15) is 24.0 Å². The minimum absolute atomic E-state index is 0.0173. The van der Waals surface area contributed by atoms with Crippen LogP contribution in [0.4, 0.5) is 5.69 Å². The minimum Gasteiger partial charge on any atom is -0.486 e. The summed E-state index contributed by atoms with van der Waals surface area (Å²) in [7, 11) is 0. The molecule has 32 heavy (non-hydrogen) atoms. The zero-order valence-corrected chi connectivity index (χ0v) is 18.0. The first-order valence-corrected chi connectivity index (χ1v) is 10.9. The number of amides is 1. The quantitative estimate of drug-likeness (QED) is 0.468. The Balaban J connectivity index is 1.24. The summed E-state index contributed by atoms with van der Waals surface area (Å²) in [5.74, 6) is 1.52. The van der Waals surface area contributed by atoms with Crippen molar-refractivity contribution in [2.24, 2.45) is 0 Å². The number of benzene rings is 2. The standard InChI is InChI=1S/C26H25N3O3/c1-18-5-7-19(8-6-18)3-2-4-26(30)27-21-10-12-25-28-22(17-29(25)16-21)20-9-11-23-24(15-20)32-14-13-31-23/h5-12,15-17H,2-4,13-14H2,1H3,(H,27,30). The molecule has 0 radical (unpaired) electrons. The maximum absolute atomic E-state index is 12.4. The molecular weight excluding hydrogens is 402 g/mol. The van der Waals surface area contributed by atoms with Crippen LogP contribution in [-0.4, -0.2) is 28.5 Å². The molecule has 1 amide bonds. The van der Waals surface area contributed by atoms with Crippen LogP contribution in [-0.2, 0) is 11.2 Å². The average molecular weight is 428 g/mol. The number of hydrogen-bond acceptors (Lipinski definition) is 4. The zero-order chi connectivity index (χ0) is 21.9. The second-order valence-corrected chi connectivity index (χ2v) is 8.06. The Bertz CT molecular complexity index is 1260. The SMILES string of the molecule is Cc1ccc(CCCC(=O)Nc2ccc3nc(-c4ccc5c(c4)OCCO5)cn3c2)cc1. The summed E-state index contributed by atoms with van der Waals surface area (Å²) in [4.78, 5) is 17.1. The van der Waals surface area contributed by atoms with Gasteiger partial charge in [0.2, 0.25) is 5.91 Å². The molecule has 0 atom stereocenters. The van der Waals surface area contributed by atoms with Crippen LogP contribution in [0.15, 0.2) is 67.0 Å². The number of nitrogens with one attached hydrogen (secondary N) is 1. The summed E-state index contributed by atoms with van der Waals surface area (Å²) in [5, 5.41) is 3.00. The lowest BCUT2D eigenvalue weighted by Crippen LogP contribution is -2.15. The number of aromatic nitrogens is 2. The van der Waals surface area contributed by atoms with Gasteiger partial charge in [-0.3, -0.25) is 4.79 Å². The van der Waals surface area contributed by atoms with Crippen LogP contribution in [0.3, 0.4) is 0 Å². The molecule has 2 aromatic carbocycles. The van der Waals surface area contributed by atoms with Gasteiger partial charge in [-0.05, 0) is 55.7 Å². The van der Waals surface area contributed by atoms with Crippen molar-refractivity contribution in [3.05, 3.63) is 78.1 Å². The predicted molar refractivity (Wildman–Crippen MR) is 124 cm³/mol. The third kappa shape index (κ3) is 4.44. The van der Waals surface area contributed by atoms with E-state index in [9.17, 15) is 4.79 Å². The fourth-order valence-electron chi connectivity index (χ4n) is 3.84. The number of nitrogens with zero attached hydrogens (tertiary/aromatic N) is 2. The molecule has 0 saturated carbocycles. The maximum Gasteiger partial charge on any atom is 0.224 e. The molecule has 0 spiro atoms. The summed E-state index contributed by atoms with van der Waals surface area (Å²) in [6.45, 7) is 3.20. The van der Waals surface area contributed by atoms with Crippen LogP contribution >= 0.6 is 0 Å². The van der Waals surface area contributed by atoms with Crippen molar-refractivity contribution in [3.63, 3.8) is 0 Å². The van der Waals surface area contributed by atoms with Crippen molar-refractivity contribution in [2.45, 2.75) is 26.2 Å². The van der Waals surface area contributed by atoms with Gasteiger partial charge in [-0.1, -0.05) is 29.8 Å². The highest BCUT2D eigenvalue weighted by molar-refractivity contribution is 5.90. The van der Waals surface area contributed by atoms with E-state index in [2.05, 4.69) is 36.5 Å². The van der Waals surface area contributed by atoms with Crippen molar-refractivity contribution in [1.82, 2.24) is 9.38 Å². The Morgan fingerprint density at radius 2 is 1.81 bits per heavy atom. The zero-order valence-electron chi connectivity index (χ0n) is 18.0. The van der Waals surface area contributed by atoms with Gasteiger partial charge in [-0.15, -0.1) is 0 Å². The molecular formula is C26H25N3O3. The highest BCUT2D eigenvalue weighted by Crippen LogP contribution is 2.34. The molecule has 1 aliphatic heterocycles. The molecule has 2 aromatic heterocycles. The molecule has 4 aromatic rings. The number of carbonyl (C=O) groups is 1. The van der Waals surface area contributed by atoms with Crippen molar-refractivity contribution in [3.8, 4) is 22.8 Å².